The second-order valence-electron chi connectivity index (χ2n) is 2.94. The summed E-state index contributed by atoms with van der Waals surface area (Å²) >= 11 is 0. The summed E-state index contributed by atoms with van der Waals surface area (Å²) in [5, 5.41) is 18.7. The monoisotopic (exact) mass is 158 g/mol. The van der Waals surface area contributed by atoms with E-state index >= 15 is 0 Å². The van der Waals surface area contributed by atoms with E-state index in [1.165, 1.54) is 0 Å². The van der Waals surface area contributed by atoms with Gasteiger partial charge in [-0.1, -0.05) is 0 Å². The van der Waals surface area contributed by atoms with Crippen LogP contribution in [-0.4, -0.2) is 34.0 Å². The molecule has 4 nitrogen and oxygen atoms in total. The summed E-state index contributed by atoms with van der Waals surface area (Å²) in [7, 11) is 0. The van der Waals surface area contributed by atoms with Crippen LogP contribution in [0.4, 0.5) is 0 Å². The van der Waals surface area contributed by atoms with Gasteiger partial charge in [0.1, 0.15) is 0 Å². The van der Waals surface area contributed by atoms with Crippen molar-refractivity contribution in [3.63, 3.8) is 0 Å². The molecule has 1 fully saturated rings. The molecule has 0 aromatic carbocycles. The van der Waals surface area contributed by atoms with Crippen LogP contribution >= 0.6 is 0 Å². The Morgan fingerprint density at radius 2 is 1.36 bits per heavy atom. The van der Waals surface area contributed by atoms with Crippen LogP contribution in [-0.2, 0) is 9.59 Å². The Hall–Kier alpha value is -0.740. The summed E-state index contributed by atoms with van der Waals surface area (Å²) < 4.78 is 0. The van der Waals surface area contributed by atoms with E-state index in [0.29, 0.717) is 6.42 Å². The van der Waals surface area contributed by atoms with E-state index in [4.69, 9.17) is 0 Å². The number of aldehydes is 2. The molecule has 0 aliphatic heterocycles. The first-order valence-corrected chi connectivity index (χ1v) is 3.45. The smallest absolute Gasteiger partial charge is 0.155 e. The Morgan fingerprint density at radius 3 is 1.64 bits per heavy atom. The van der Waals surface area contributed by atoms with Gasteiger partial charge in [0.15, 0.2) is 23.8 Å². The average Bonchev–Trinajstić information content (AvgIpc) is 2.31. The maximum absolute atomic E-state index is 10.3. The topological polar surface area (TPSA) is 74.6 Å². The predicted octanol–water partition coefficient (Wildman–Crippen LogP) is -0.970. The molecule has 62 valence electrons. The molecule has 0 aromatic heterocycles. The molecule has 1 aliphatic rings. The molecule has 0 saturated heterocycles. The first-order valence-electron chi connectivity index (χ1n) is 3.45. The van der Waals surface area contributed by atoms with Gasteiger partial charge in [-0.2, -0.15) is 0 Å². The van der Waals surface area contributed by atoms with Crippen molar-refractivity contribution in [3.05, 3.63) is 0 Å². The summed E-state index contributed by atoms with van der Waals surface area (Å²) in [6, 6.07) is 0. The van der Waals surface area contributed by atoms with Crippen molar-refractivity contribution in [1.29, 1.82) is 0 Å². The first kappa shape index (κ1) is 8.36. The van der Waals surface area contributed by atoms with E-state index in [1.54, 1.807) is 0 Å². The third-order valence-corrected chi connectivity index (χ3v) is 2.26. The van der Waals surface area contributed by atoms with Crippen LogP contribution in [0, 0.1) is 0 Å². The summed E-state index contributed by atoms with van der Waals surface area (Å²) in [5.41, 5.74) is -3.70. The molecule has 4 heteroatoms. The second kappa shape index (κ2) is 2.39. The summed E-state index contributed by atoms with van der Waals surface area (Å²) in [5.74, 6) is 0. The van der Waals surface area contributed by atoms with Gasteiger partial charge >= 0.3 is 0 Å². The van der Waals surface area contributed by atoms with Gasteiger partial charge in [-0.25, -0.2) is 0 Å². The van der Waals surface area contributed by atoms with Gasteiger partial charge in [0.2, 0.25) is 0 Å². The molecular formula is C7H10O4. The lowest BCUT2D eigenvalue weighted by atomic mass is 9.89. The summed E-state index contributed by atoms with van der Waals surface area (Å²) in [6.45, 7) is 0. The molecule has 2 atom stereocenters. The van der Waals surface area contributed by atoms with Crippen molar-refractivity contribution in [1.82, 2.24) is 0 Å². The molecule has 1 rings (SSSR count). The Balaban J connectivity index is 2.96. The predicted molar refractivity (Wildman–Crippen MR) is 35.9 cm³/mol. The van der Waals surface area contributed by atoms with Gasteiger partial charge in [0.05, 0.1) is 0 Å². The lowest BCUT2D eigenvalue weighted by Crippen LogP contribution is -2.52. The maximum Gasteiger partial charge on any atom is 0.155 e. The molecule has 0 amide bonds. The van der Waals surface area contributed by atoms with Gasteiger partial charge in [-0.3, -0.25) is 0 Å². The number of carbonyl (C=O) groups excluding carboxylic acids is 2. The molecule has 11 heavy (non-hydrogen) atoms. The fourth-order valence-electron chi connectivity index (χ4n) is 1.38. The molecule has 1 aliphatic carbocycles. The van der Waals surface area contributed by atoms with Crippen molar-refractivity contribution in [2.24, 2.45) is 0 Å². The van der Waals surface area contributed by atoms with Gasteiger partial charge < -0.3 is 19.8 Å². The van der Waals surface area contributed by atoms with Crippen LogP contribution in [0.2, 0.25) is 0 Å². The Kier molecular flexibility index (Phi) is 1.82. The third kappa shape index (κ3) is 0.985. The second-order valence-corrected chi connectivity index (χ2v) is 2.94. The molecule has 0 heterocycles. The van der Waals surface area contributed by atoms with Crippen molar-refractivity contribution in [3.8, 4) is 0 Å². The molecule has 0 aromatic rings. The first-order chi connectivity index (χ1) is 5.08. The van der Waals surface area contributed by atoms with Crippen molar-refractivity contribution in [2.75, 3.05) is 0 Å². The number of rotatable bonds is 2. The van der Waals surface area contributed by atoms with Gasteiger partial charge in [0.25, 0.3) is 0 Å². The van der Waals surface area contributed by atoms with Crippen LogP contribution in [0.15, 0.2) is 0 Å². The Bertz CT molecular complexity index is 171. The highest BCUT2D eigenvalue weighted by molar-refractivity contribution is 5.78. The average molecular weight is 158 g/mol. The minimum Gasteiger partial charge on any atom is -0.379 e. The van der Waals surface area contributed by atoms with Gasteiger partial charge in [-0.05, 0) is 19.3 Å². The van der Waals surface area contributed by atoms with Crippen LogP contribution in [0.25, 0.3) is 0 Å². The van der Waals surface area contributed by atoms with Crippen molar-refractivity contribution in [2.45, 2.75) is 30.5 Å². The van der Waals surface area contributed by atoms with Crippen LogP contribution in [0.5, 0.6) is 0 Å². The Morgan fingerprint density at radius 1 is 1.00 bits per heavy atom. The van der Waals surface area contributed by atoms with Crippen molar-refractivity contribution >= 4 is 12.6 Å². The lowest BCUT2D eigenvalue weighted by molar-refractivity contribution is -0.159. The van der Waals surface area contributed by atoms with E-state index in [-0.39, 0.29) is 25.4 Å². The van der Waals surface area contributed by atoms with Crippen LogP contribution in [0.3, 0.4) is 0 Å². The summed E-state index contributed by atoms with van der Waals surface area (Å²) in [6.07, 6.45) is 1.30. The molecule has 0 bridgehead atoms. The number of hydrogen-bond donors (Lipinski definition) is 2. The fraction of sp³-hybridized carbons (Fsp3) is 0.714. The normalized spacial score (nSPS) is 43.8. The van der Waals surface area contributed by atoms with E-state index in [0.717, 1.165) is 0 Å². The highest BCUT2D eigenvalue weighted by Crippen LogP contribution is 2.36. The molecule has 2 unspecified atom stereocenters. The fourth-order valence-corrected chi connectivity index (χ4v) is 1.38. The largest absolute Gasteiger partial charge is 0.379 e. The van der Waals surface area contributed by atoms with E-state index in [2.05, 4.69) is 0 Å². The van der Waals surface area contributed by atoms with Crippen molar-refractivity contribution < 1.29 is 19.8 Å². The van der Waals surface area contributed by atoms with Gasteiger partial charge in [-0.15, -0.1) is 0 Å². The zero-order valence-corrected chi connectivity index (χ0v) is 5.99. The van der Waals surface area contributed by atoms with Gasteiger partial charge in [0, 0.05) is 0 Å². The summed E-state index contributed by atoms with van der Waals surface area (Å²) in [4.78, 5) is 20.7. The van der Waals surface area contributed by atoms with E-state index in [1.807, 2.05) is 0 Å². The zero-order valence-electron chi connectivity index (χ0n) is 5.99. The molecule has 2 N–H and O–H groups in total. The minimum atomic E-state index is -1.85. The number of aliphatic hydroxyl groups is 2. The van der Waals surface area contributed by atoms with E-state index < -0.39 is 11.2 Å². The van der Waals surface area contributed by atoms with Crippen LogP contribution in [0.1, 0.15) is 19.3 Å². The lowest BCUT2D eigenvalue weighted by Gasteiger charge is -2.27. The highest BCUT2D eigenvalue weighted by atomic mass is 16.4. The molecule has 1 saturated carbocycles. The molecular weight excluding hydrogens is 148 g/mol. The zero-order chi connectivity index (χ0) is 8.54. The molecule has 0 spiro atoms. The quantitative estimate of drug-likeness (QED) is 0.507. The molecule has 0 radical (unpaired) electrons. The maximum atomic E-state index is 10.3. The highest BCUT2D eigenvalue weighted by Gasteiger charge is 2.53. The minimum absolute atomic E-state index is 0.158. The SMILES string of the molecule is O=CC1(O)CCCC1(O)C=O. The van der Waals surface area contributed by atoms with Crippen LogP contribution < -0.4 is 0 Å². The number of carbonyl (C=O) groups is 2. The third-order valence-electron chi connectivity index (χ3n) is 2.26. The van der Waals surface area contributed by atoms with E-state index in [9.17, 15) is 19.8 Å². The Labute approximate surface area is 63.8 Å². The standard InChI is InChI=1S/C7H10O4/c8-4-6(10)2-1-3-7(6,11)5-9/h4-5,10-11H,1-3H2. The number of hydrogen-bond acceptors (Lipinski definition) is 4.